The lowest BCUT2D eigenvalue weighted by molar-refractivity contribution is -0.153. The van der Waals surface area contributed by atoms with E-state index in [-0.39, 0.29) is 18.2 Å². The Morgan fingerprint density at radius 1 is 0.872 bits per heavy atom. The van der Waals surface area contributed by atoms with Crippen LogP contribution in [0.5, 0.6) is 0 Å². The van der Waals surface area contributed by atoms with Gasteiger partial charge in [0.15, 0.2) is 17.5 Å². The molecule has 2 aromatic carbocycles. The van der Waals surface area contributed by atoms with Gasteiger partial charge in [-0.3, -0.25) is 4.79 Å². The highest BCUT2D eigenvalue weighted by Crippen LogP contribution is 2.36. The van der Waals surface area contributed by atoms with Crippen molar-refractivity contribution in [3.8, 4) is 11.4 Å². The molecule has 0 unspecified atom stereocenters. The largest absolute Gasteiger partial charge is 0.460 e. The van der Waals surface area contributed by atoms with Crippen molar-refractivity contribution in [3.63, 3.8) is 0 Å². The van der Waals surface area contributed by atoms with E-state index in [0.29, 0.717) is 35.5 Å². The third kappa shape index (κ3) is 6.96. The van der Waals surface area contributed by atoms with Crippen LogP contribution in [-0.4, -0.2) is 33.2 Å². The van der Waals surface area contributed by atoms with Crippen LogP contribution in [0.25, 0.3) is 11.4 Å². The monoisotopic (exact) mass is 537 g/mol. The van der Waals surface area contributed by atoms with Gasteiger partial charge in [-0.15, -0.1) is 0 Å². The van der Waals surface area contributed by atoms with E-state index in [9.17, 15) is 18.4 Å². The second-order valence-electron chi connectivity index (χ2n) is 11.5. The van der Waals surface area contributed by atoms with Gasteiger partial charge in [-0.05, 0) is 96.7 Å². The van der Waals surface area contributed by atoms with E-state index >= 15 is 0 Å². The lowest BCUT2D eigenvalue weighted by Crippen LogP contribution is -2.35. The maximum absolute atomic E-state index is 14.0. The summed E-state index contributed by atoms with van der Waals surface area (Å²) in [6, 6.07) is 10.4. The summed E-state index contributed by atoms with van der Waals surface area (Å²) in [4.78, 5) is 36.5. The maximum atomic E-state index is 14.0. The van der Waals surface area contributed by atoms with Crippen LogP contribution in [0, 0.1) is 11.6 Å². The lowest BCUT2D eigenvalue weighted by atomic mass is 10.1. The van der Waals surface area contributed by atoms with Crippen LogP contribution in [0.15, 0.2) is 42.5 Å². The second-order valence-corrected chi connectivity index (χ2v) is 11.5. The molecule has 0 N–H and O–H groups in total. The van der Waals surface area contributed by atoms with Crippen LogP contribution < -0.4 is 4.90 Å². The molecule has 0 saturated carbocycles. The van der Waals surface area contributed by atoms with Gasteiger partial charge in [-0.25, -0.2) is 28.4 Å². The molecule has 0 radical (unpaired) electrons. The highest BCUT2D eigenvalue weighted by molar-refractivity contribution is 5.96. The summed E-state index contributed by atoms with van der Waals surface area (Å²) in [5, 5.41) is 0. The van der Waals surface area contributed by atoms with E-state index < -0.39 is 28.9 Å². The molecule has 1 aliphatic carbocycles. The summed E-state index contributed by atoms with van der Waals surface area (Å²) in [5.41, 5.74) is 1.64. The van der Waals surface area contributed by atoms with Crippen molar-refractivity contribution in [2.24, 2.45) is 0 Å². The highest BCUT2D eigenvalue weighted by Gasteiger charge is 2.31. The van der Waals surface area contributed by atoms with Crippen LogP contribution >= 0.6 is 0 Å². The Labute approximate surface area is 227 Å². The number of anilines is 2. The molecule has 1 aliphatic rings. The van der Waals surface area contributed by atoms with E-state index in [0.717, 1.165) is 29.8 Å². The zero-order chi connectivity index (χ0) is 28.5. The van der Waals surface area contributed by atoms with Crippen LogP contribution in [0.4, 0.5) is 25.1 Å². The number of benzene rings is 2. The molecule has 0 fully saturated rings. The first-order chi connectivity index (χ1) is 18.2. The number of hydrogen-bond acceptors (Lipinski definition) is 6. The van der Waals surface area contributed by atoms with Crippen LogP contribution in [0.2, 0.25) is 0 Å². The van der Waals surface area contributed by atoms with E-state index in [1.165, 1.54) is 11.0 Å². The molecule has 0 saturated heterocycles. The highest BCUT2D eigenvalue weighted by atomic mass is 19.2. The summed E-state index contributed by atoms with van der Waals surface area (Å²) in [7, 11) is 0. The van der Waals surface area contributed by atoms with Gasteiger partial charge in [0.25, 0.3) is 0 Å². The van der Waals surface area contributed by atoms with E-state index in [2.05, 4.69) is 9.97 Å². The number of carbonyl (C=O) groups excluding carboxylic acids is 2. The molecular weight excluding hydrogens is 504 g/mol. The summed E-state index contributed by atoms with van der Waals surface area (Å²) in [6.07, 6.45) is 1.56. The fourth-order valence-electron chi connectivity index (χ4n) is 4.29. The van der Waals surface area contributed by atoms with Crippen molar-refractivity contribution in [1.82, 2.24) is 9.97 Å². The number of fused-ring (bicyclic) bond motifs is 1. The van der Waals surface area contributed by atoms with Gasteiger partial charge in [-0.1, -0.05) is 12.1 Å². The molecule has 0 atom stereocenters. The summed E-state index contributed by atoms with van der Waals surface area (Å²) >= 11 is 0. The number of carbonyl (C=O) groups is 2. The van der Waals surface area contributed by atoms with Gasteiger partial charge >= 0.3 is 12.1 Å². The lowest BCUT2D eigenvalue weighted by Gasteiger charge is -2.28. The summed E-state index contributed by atoms with van der Waals surface area (Å²) in [5.74, 6) is -1.83. The van der Waals surface area contributed by atoms with Gasteiger partial charge in [-0.2, -0.15) is 0 Å². The number of rotatable bonds is 5. The number of aryl methyl sites for hydroxylation is 1. The van der Waals surface area contributed by atoms with Gasteiger partial charge < -0.3 is 9.47 Å². The third-order valence-corrected chi connectivity index (χ3v) is 5.84. The van der Waals surface area contributed by atoms with Crippen molar-refractivity contribution in [3.05, 3.63) is 70.9 Å². The first kappa shape index (κ1) is 28.1. The number of esters is 1. The average Bonchev–Trinajstić information content (AvgIpc) is 3.28. The second kappa shape index (κ2) is 10.7. The molecule has 1 aromatic heterocycles. The van der Waals surface area contributed by atoms with E-state index in [1.807, 2.05) is 0 Å². The molecule has 206 valence electrons. The molecule has 4 rings (SSSR count). The summed E-state index contributed by atoms with van der Waals surface area (Å²) in [6.45, 7) is 10.7. The van der Waals surface area contributed by atoms with Gasteiger partial charge in [0.2, 0.25) is 0 Å². The molecule has 3 aromatic rings. The number of aromatic nitrogens is 2. The number of ether oxygens (including phenoxy) is 2. The minimum absolute atomic E-state index is 0.0766. The third-order valence-electron chi connectivity index (χ3n) is 5.84. The van der Waals surface area contributed by atoms with Crippen LogP contribution in [-0.2, 0) is 33.5 Å². The molecule has 0 bridgehead atoms. The Morgan fingerprint density at radius 2 is 1.54 bits per heavy atom. The molecule has 0 aliphatic heterocycles. The SMILES string of the molecule is CC(C)(C)OC(=O)Cc1ccc(N(C(=O)OC(C)(C)C)c2nc(-c3ccc(F)c(F)c3)nc3c2CCC3)cc1. The van der Waals surface area contributed by atoms with Crippen molar-refractivity contribution < 1.29 is 27.8 Å². The Kier molecular flexibility index (Phi) is 7.73. The number of amides is 1. The Bertz CT molecular complexity index is 1390. The first-order valence-electron chi connectivity index (χ1n) is 12.9. The number of hydrogen-bond donors (Lipinski definition) is 0. The van der Waals surface area contributed by atoms with Gasteiger partial charge in [0.05, 0.1) is 12.1 Å². The predicted octanol–water partition coefficient (Wildman–Crippen LogP) is 6.87. The predicted molar refractivity (Wildman–Crippen MR) is 144 cm³/mol. The molecule has 9 heteroatoms. The fraction of sp³-hybridized carbons (Fsp3) is 0.400. The smallest absolute Gasteiger partial charge is 0.420 e. The number of halogens is 2. The average molecular weight is 538 g/mol. The zero-order valence-electron chi connectivity index (χ0n) is 23.1. The topological polar surface area (TPSA) is 81.6 Å². The molecule has 7 nitrogen and oxygen atoms in total. The Hall–Kier alpha value is -3.88. The summed E-state index contributed by atoms with van der Waals surface area (Å²) < 4.78 is 38.8. The minimum atomic E-state index is -1.01. The van der Waals surface area contributed by atoms with E-state index in [1.54, 1.807) is 65.8 Å². The standard InChI is InChI=1S/C30H33F2N3O4/c1-29(2,3)38-25(36)16-18-10-13-20(14-11-18)35(28(37)39-30(4,5)6)27-21-8-7-9-24(21)33-26(34-27)19-12-15-22(31)23(32)17-19/h10-15,17H,7-9,16H2,1-6H3. The van der Waals surface area contributed by atoms with Crippen molar-refractivity contribution >= 4 is 23.6 Å². The Morgan fingerprint density at radius 3 is 2.15 bits per heavy atom. The Balaban J connectivity index is 1.77. The fourth-order valence-corrected chi connectivity index (χ4v) is 4.29. The molecule has 1 heterocycles. The van der Waals surface area contributed by atoms with Crippen molar-refractivity contribution in [2.75, 3.05) is 4.90 Å². The quantitative estimate of drug-likeness (QED) is 0.331. The molecule has 0 spiro atoms. The first-order valence-corrected chi connectivity index (χ1v) is 12.9. The normalized spacial score (nSPS) is 13.1. The zero-order valence-corrected chi connectivity index (χ0v) is 23.1. The van der Waals surface area contributed by atoms with E-state index in [4.69, 9.17) is 9.47 Å². The van der Waals surface area contributed by atoms with Crippen LogP contribution in [0.3, 0.4) is 0 Å². The maximum Gasteiger partial charge on any atom is 0.420 e. The molecular formula is C30H33F2N3O4. The van der Waals surface area contributed by atoms with Crippen LogP contribution in [0.1, 0.15) is 64.8 Å². The van der Waals surface area contributed by atoms with Crippen molar-refractivity contribution in [2.45, 2.75) is 78.4 Å². The molecule has 1 amide bonds. The molecule has 39 heavy (non-hydrogen) atoms. The number of nitrogens with zero attached hydrogens (tertiary/aromatic N) is 3. The van der Waals surface area contributed by atoms with Gasteiger partial charge in [0.1, 0.15) is 17.0 Å². The van der Waals surface area contributed by atoms with Gasteiger partial charge in [0, 0.05) is 16.8 Å². The van der Waals surface area contributed by atoms with Crippen molar-refractivity contribution in [1.29, 1.82) is 0 Å². The minimum Gasteiger partial charge on any atom is -0.460 e.